The van der Waals surface area contributed by atoms with Crippen LogP contribution in [-0.2, 0) is 4.79 Å². The summed E-state index contributed by atoms with van der Waals surface area (Å²) in [5, 5.41) is 3.74. The Balaban J connectivity index is 1.24. The Hall–Kier alpha value is -4.26. The van der Waals surface area contributed by atoms with Crippen molar-refractivity contribution in [3.05, 3.63) is 76.0 Å². The third-order valence-corrected chi connectivity index (χ3v) is 9.21. The first-order valence-corrected chi connectivity index (χ1v) is 14.7. The molecule has 2 unspecified atom stereocenters. The summed E-state index contributed by atoms with van der Waals surface area (Å²) in [5.74, 6) is -0.860. The van der Waals surface area contributed by atoms with Crippen LogP contribution in [0, 0.1) is 31.5 Å². The zero-order valence-corrected chi connectivity index (χ0v) is 26.1. The molecule has 2 amide bonds. The predicted octanol–water partition coefficient (Wildman–Crippen LogP) is 3.27. The number of halogens is 4. The van der Waals surface area contributed by atoms with Crippen LogP contribution in [0.3, 0.4) is 0 Å². The van der Waals surface area contributed by atoms with Crippen LogP contribution in [0.25, 0.3) is 11.3 Å². The molecule has 1 saturated heterocycles. The first kappa shape index (κ1) is 30.8. The Bertz CT molecular complexity index is 1870. The molecule has 1 saturated carbocycles. The minimum Gasteiger partial charge on any atom is -0.307 e. The number of hydrogen-bond acceptors (Lipinski definition) is 7. The summed E-state index contributed by atoms with van der Waals surface area (Å²) in [4.78, 5) is 47.0. The first-order chi connectivity index (χ1) is 21.2. The molecule has 230 valence electrons. The number of benzene rings is 1. The Morgan fingerprint density at radius 3 is 2.49 bits per heavy atom. The molecule has 16 heteroatoms. The van der Waals surface area contributed by atoms with E-state index in [0.29, 0.717) is 23.2 Å². The van der Waals surface area contributed by atoms with Gasteiger partial charge in [-0.15, -0.1) is 0 Å². The van der Waals surface area contributed by atoms with Crippen molar-refractivity contribution in [1.29, 1.82) is 0 Å². The molecule has 6 rings (SSSR count). The van der Waals surface area contributed by atoms with E-state index < -0.39 is 29.3 Å². The van der Waals surface area contributed by atoms with Crippen molar-refractivity contribution in [3.8, 4) is 11.3 Å². The van der Waals surface area contributed by atoms with E-state index in [0.717, 1.165) is 30.3 Å². The van der Waals surface area contributed by atoms with Crippen molar-refractivity contribution in [2.75, 3.05) is 16.8 Å². The number of carbonyl (C=O) groups excluding carboxylic acids is 2. The maximum Gasteiger partial charge on any atom is 0.278 e. The van der Waals surface area contributed by atoms with Crippen LogP contribution in [0.15, 0.2) is 36.9 Å². The van der Waals surface area contributed by atoms with Gasteiger partial charge in [0.05, 0.1) is 40.5 Å². The highest BCUT2D eigenvalue weighted by molar-refractivity contribution is 6.46. The quantitative estimate of drug-likeness (QED) is 0.287. The molecule has 3 atom stereocenters. The van der Waals surface area contributed by atoms with Crippen molar-refractivity contribution in [2.24, 2.45) is 11.8 Å². The summed E-state index contributed by atoms with van der Waals surface area (Å²) in [6, 6.07) is 1.74. The zero-order chi connectivity index (χ0) is 32.5. The summed E-state index contributed by atoms with van der Waals surface area (Å²) in [6.45, 7) is 5.29. The number of fused-ring (bicyclic) bond motifs is 1. The molecule has 0 bridgehead atoms. The van der Waals surface area contributed by atoms with Gasteiger partial charge in [-0.1, -0.05) is 17.7 Å². The number of carbonyl (C=O) groups is 2. The molecule has 1 aliphatic heterocycles. The summed E-state index contributed by atoms with van der Waals surface area (Å²) in [7, 11) is 5.59. The highest BCUT2D eigenvalue weighted by Crippen LogP contribution is 2.54. The van der Waals surface area contributed by atoms with Crippen molar-refractivity contribution in [3.63, 3.8) is 0 Å². The molecule has 10 nitrogen and oxygen atoms in total. The van der Waals surface area contributed by atoms with E-state index in [1.165, 1.54) is 25.1 Å². The maximum atomic E-state index is 14.9. The van der Waals surface area contributed by atoms with Gasteiger partial charge in [-0.2, -0.15) is 5.10 Å². The van der Waals surface area contributed by atoms with Gasteiger partial charge >= 0.3 is 0 Å². The fraction of sp³-hybridized carbons (Fsp3) is 0.345. The van der Waals surface area contributed by atoms with E-state index in [1.807, 2.05) is 29.5 Å². The molecule has 0 spiro atoms. The van der Waals surface area contributed by atoms with Gasteiger partial charge in [-0.3, -0.25) is 24.2 Å². The van der Waals surface area contributed by atoms with Crippen molar-refractivity contribution in [2.45, 2.75) is 45.0 Å². The van der Waals surface area contributed by atoms with E-state index in [-0.39, 0.29) is 45.3 Å². The number of hydrogen-bond donors (Lipinski definition) is 0. The number of aryl methyl sites for hydroxylation is 2. The summed E-state index contributed by atoms with van der Waals surface area (Å²) in [5.41, 5.74) is 0.598. The molecule has 1 aromatic carbocycles. The molecule has 3 aromatic heterocycles. The molecular weight excluding hydrogens is 606 g/mol. The monoisotopic (exact) mass is 634 g/mol. The summed E-state index contributed by atoms with van der Waals surface area (Å²) in [6.07, 6.45) is 3.88. The van der Waals surface area contributed by atoms with Crippen LogP contribution in [-0.4, -0.2) is 69.6 Å². The normalized spacial score (nSPS) is 19.1. The van der Waals surface area contributed by atoms with Gasteiger partial charge in [-0.25, -0.2) is 28.1 Å². The number of alkyl halides is 2. The number of piperidine rings is 1. The summed E-state index contributed by atoms with van der Waals surface area (Å²) < 4.78 is 44.0. The molecule has 45 heavy (non-hydrogen) atoms. The second-order valence-electron chi connectivity index (χ2n) is 12.0. The maximum absolute atomic E-state index is 14.9. The first-order valence-electron chi connectivity index (χ1n) is 14.3. The van der Waals surface area contributed by atoms with Gasteiger partial charge in [-0.05, 0) is 44.5 Å². The van der Waals surface area contributed by atoms with Crippen molar-refractivity contribution >= 4 is 50.7 Å². The third kappa shape index (κ3) is 5.06. The zero-order valence-electron chi connectivity index (χ0n) is 25.4. The summed E-state index contributed by atoms with van der Waals surface area (Å²) >= 11 is 5.87. The second-order valence-corrected chi connectivity index (χ2v) is 12.4. The van der Waals surface area contributed by atoms with E-state index in [1.54, 1.807) is 22.0 Å². The lowest BCUT2D eigenvalue weighted by molar-refractivity contribution is -0.118. The lowest BCUT2D eigenvalue weighted by atomic mass is 9.58. The highest BCUT2D eigenvalue weighted by Gasteiger charge is 2.63. The SMILES string of the molecule is BC1(B)C2CC2C(=O)N1c1ncc([C@H](C)n2cc(N(C)C(=O)c3nc(-c4c(C(F)F)ccc(Cl)c4F)cnc3C)cn2)c(C)n1. The van der Waals surface area contributed by atoms with Crippen LogP contribution in [0.1, 0.15) is 58.8 Å². The topological polar surface area (TPSA) is 110 Å². The molecule has 2 fully saturated rings. The van der Waals surface area contributed by atoms with E-state index in [9.17, 15) is 22.8 Å². The molecule has 4 aromatic rings. The molecule has 4 heterocycles. The lowest BCUT2D eigenvalue weighted by Gasteiger charge is -2.33. The minimum absolute atomic E-state index is 0.0510. The Labute approximate surface area is 263 Å². The van der Waals surface area contributed by atoms with Gasteiger partial charge in [0.25, 0.3) is 12.3 Å². The van der Waals surface area contributed by atoms with E-state index >= 15 is 0 Å². The minimum atomic E-state index is -3.00. The van der Waals surface area contributed by atoms with Crippen LogP contribution >= 0.6 is 11.6 Å². The van der Waals surface area contributed by atoms with Crippen LogP contribution in [0.4, 0.5) is 24.8 Å². The third-order valence-electron chi connectivity index (χ3n) is 8.92. The average Bonchev–Trinajstić information content (AvgIpc) is 3.62. The van der Waals surface area contributed by atoms with Gasteiger partial charge in [0.2, 0.25) is 11.9 Å². The number of nitrogens with zero attached hydrogens (tertiary/aromatic N) is 8. The molecule has 0 N–H and O–H groups in total. The fourth-order valence-electron chi connectivity index (χ4n) is 6.11. The lowest BCUT2D eigenvalue weighted by Crippen LogP contribution is -2.51. The molecule has 2 aliphatic rings. The Morgan fingerprint density at radius 2 is 1.84 bits per heavy atom. The standard InChI is InChI=1S/C29H28B2ClF3N8O2/c1-12-18(9-37-28(39-12)43-26(44)17-7-19(17)29(43,30)31)14(3)42-11-15(8-38-42)41(4)27(45)24-13(2)36-10-21(40-24)22-16(25(34)35)5-6-20(32)23(22)33/h5-6,8-11,14,17,19,25H,7,30-31H2,1-4H3/t14-,17?,19?/m0/s1. The number of amides is 2. The van der Waals surface area contributed by atoms with E-state index in [2.05, 4.69) is 25.0 Å². The van der Waals surface area contributed by atoms with Gasteiger partial charge in [0.15, 0.2) is 11.5 Å². The van der Waals surface area contributed by atoms with Gasteiger partial charge in [0, 0.05) is 47.7 Å². The van der Waals surface area contributed by atoms with E-state index in [4.69, 9.17) is 11.6 Å². The Kier molecular flexibility index (Phi) is 7.50. The van der Waals surface area contributed by atoms with Crippen molar-refractivity contribution < 1.29 is 22.8 Å². The van der Waals surface area contributed by atoms with Gasteiger partial charge in [0.1, 0.15) is 15.7 Å². The number of anilines is 2. The smallest absolute Gasteiger partial charge is 0.278 e. The number of rotatable bonds is 7. The molecular formula is C29H28B2ClF3N8O2. The van der Waals surface area contributed by atoms with Crippen LogP contribution in [0.2, 0.25) is 5.02 Å². The predicted molar refractivity (Wildman–Crippen MR) is 167 cm³/mol. The van der Waals surface area contributed by atoms with Crippen molar-refractivity contribution in [1.82, 2.24) is 29.7 Å². The molecule has 0 radical (unpaired) electrons. The largest absolute Gasteiger partial charge is 0.307 e. The second kappa shape index (κ2) is 11.0. The van der Waals surface area contributed by atoms with Crippen LogP contribution in [0.5, 0.6) is 0 Å². The Morgan fingerprint density at radius 1 is 1.11 bits per heavy atom. The average molecular weight is 635 g/mol. The number of aromatic nitrogens is 6. The van der Waals surface area contributed by atoms with Gasteiger partial charge < -0.3 is 4.90 Å². The fourth-order valence-corrected chi connectivity index (χ4v) is 6.27. The molecule has 1 aliphatic carbocycles. The van der Waals surface area contributed by atoms with Crippen LogP contribution < -0.4 is 9.80 Å². The highest BCUT2D eigenvalue weighted by atomic mass is 35.5.